The van der Waals surface area contributed by atoms with Crippen molar-refractivity contribution < 1.29 is 21.7 Å². The normalized spacial score (nSPS) is 11.9. The Hall–Kier alpha value is -0.200. The minimum Gasteiger partial charge on any atom is -0.379 e. The molecule has 0 atom stereocenters. The van der Waals surface area contributed by atoms with Gasteiger partial charge in [0.05, 0.1) is 26.1 Å². The van der Waals surface area contributed by atoms with Crippen molar-refractivity contribution in [2.24, 2.45) is 0 Å². The van der Waals surface area contributed by atoms with E-state index in [1.165, 1.54) is 0 Å². The highest BCUT2D eigenvalue weighted by Gasteiger charge is 1.99. The molecule has 0 aliphatic carbocycles. The van der Waals surface area contributed by atoms with Gasteiger partial charge in [0.2, 0.25) is 0 Å². The molecule has 0 aromatic heterocycles. The average molecular weight is 228 g/mol. The number of ether oxygens (including phenoxy) is 1. The van der Waals surface area contributed by atoms with Gasteiger partial charge in [0, 0.05) is 6.61 Å². The predicted octanol–water partition coefficient (Wildman–Crippen LogP) is 1.12. The van der Waals surface area contributed by atoms with E-state index in [2.05, 4.69) is 4.18 Å². The van der Waals surface area contributed by atoms with Gasteiger partial charge in [-0.1, -0.05) is 0 Å². The van der Waals surface area contributed by atoms with E-state index in [1.807, 2.05) is 0 Å². The second-order valence-corrected chi connectivity index (χ2v) is 4.53. The molecular weight excluding hydrogens is 211 g/mol. The van der Waals surface area contributed by atoms with Gasteiger partial charge < -0.3 is 4.74 Å². The van der Waals surface area contributed by atoms with Gasteiger partial charge in [0.1, 0.15) is 0 Å². The molecule has 0 unspecified atom stereocenters. The molecule has 0 fully saturated rings. The summed E-state index contributed by atoms with van der Waals surface area (Å²) in [6, 6.07) is 0. The van der Waals surface area contributed by atoms with Crippen molar-refractivity contribution in [1.29, 1.82) is 0 Å². The Bertz CT molecular complexity index is 215. The first-order chi connectivity index (χ1) is 6.56. The third-order valence-corrected chi connectivity index (χ3v) is 2.04. The zero-order chi connectivity index (χ0) is 10.9. The second kappa shape index (κ2) is 8.14. The fraction of sp³-hybridized carbons (Fsp3) is 1.00. The summed E-state index contributed by atoms with van der Waals surface area (Å²) in [7, 11) is -3.36. The van der Waals surface area contributed by atoms with Crippen LogP contribution in [0, 0.1) is 0 Å². The SMILES string of the molecule is CS(=O)(=O)OCCOCCCCCF. The van der Waals surface area contributed by atoms with Crippen molar-refractivity contribution in [3.8, 4) is 0 Å². The topological polar surface area (TPSA) is 52.6 Å². The van der Waals surface area contributed by atoms with Crippen LogP contribution in [0.15, 0.2) is 0 Å². The number of unbranched alkanes of at least 4 members (excludes halogenated alkanes) is 2. The number of rotatable bonds is 9. The van der Waals surface area contributed by atoms with E-state index in [0.717, 1.165) is 19.1 Å². The van der Waals surface area contributed by atoms with Crippen molar-refractivity contribution in [1.82, 2.24) is 0 Å². The highest BCUT2D eigenvalue weighted by Crippen LogP contribution is 1.96. The van der Waals surface area contributed by atoms with Crippen molar-refractivity contribution in [3.05, 3.63) is 0 Å². The first-order valence-electron chi connectivity index (χ1n) is 4.54. The molecule has 0 radical (unpaired) electrons. The summed E-state index contributed by atoms with van der Waals surface area (Å²) in [5.74, 6) is 0. The maximum Gasteiger partial charge on any atom is 0.264 e. The molecule has 0 heterocycles. The van der Waals surface area contributed by atoms with Gasteiger partial charge in [-0.05, 0) is 19.3 Å². The molecule has 0 spiro atoms. The Kier molecular flexibility index (Phi) is 8.02. The maximum atomic E-state index is 11.6. The van der Waals surface area contributed by atoms with Crippen LogP contribution in [0.5, 0.6) is 0 Å². The predicted molar refractivity (Wildman–Crippen MR) is 51.4 cm³/mol. The Labute approximate surface area is 84.5 Å². The molecule has 0 aliphatic heterocycles. The molecule has 0 aromatic rings. The van der Waals surface area contributed by atoms with E-state index in [1.54, 1.807) is 0 Å². The van der Waals surface area contributed by atoms with Gasteiger partial charge in [0.15, 0.2) is 0 Å². The van der Waals surface area contributed by atoms with Crippen LogP contribution in [0.3, 0.4) is 0 Å². The Morgan fingerprint density at radius 3 is 2.36 bits per heavy atom. The standard InChI is InChI=1S/C8H17FO4S/c1-14(10,11)13-8-7-12-6-4-2-3-5-9/h2-8H2,1H3. The lowest BCUT2D eigenvalue weighted by molar-refractivity contribution is 0.0991. The molecular formula is C8H17FO4S. The fourth-order valence-corrected chi connectivity index (χ4v) is 1.19. The van der Waals surface area contributed by atoms with E-state index in [4.69, 9.17) is 4.74 Å². The van der Waals surface area contributed by atoms with E-state index < -0.39 is 10.1 Å². The van der Waals surface area contributed by atoms with Crippen LogP contribution < -0.4 is 0 Å². The third kappa shape index (κ3) is 11.8. The summed E-state index contributed by atoms with van der Waals surface area (Å²) >= 11 is 0. The molecule has 6 heteroatoms. The zero-order valence-electron chi connectivity index (χ0n) is 8.37. The van der Waals surface area contributed by atoms with Crippen LogP contribution >= 0.6 is 0 Å². The van der Waals surface area contributed by atoms with Gasteiger partial charge in [-0.15, -0.1) is 0 Å². The highest BCUT2D eigenvalue weighted by atomic mass is 32.2. The number of hydrogen-bond donors (Lipinski definition) is 0. The quantitative estimate of drug-likeness (QED) is 0.438. The molecule has 0 saturated heterocycles. The number of hydrogen-bond acceptors (Lipinski definition) is 4. The van der Waals surface area contributed by atoms with Gasteiger partial charge >= 0.3 is 0 Å². The van der Waals surface area contributed by atoms with Crippen molar-refractivity contribution in [2.45, 2.75) is 19.3 Å². The minimum absolute atomic E-state index is 0.0436. The van der Waals surface area contributed by atoms with E-state index >= 15 is 0 Å². The first kappa shape index (κ1) is 13.8. The van der Waals surface area contributed by atoms with Crippen LogP contribution in [0.1, 0.15) is 19.3 Å². The zero-order valence-corrected chi connectivity index (χ0v) is 9.19. The van der Waals surface area contributed by atoms with Crippen LogP contribution in [0.2, 0.25) is 0 Å². The lowest BCUT2D eigenvalue weighted by atomic mass is 10.3. The lowest BCUT2D eigenvalue weighted by Crippen LogP contribution is -2.10. The largest absolute Gasteiger partial charge is 0.379 e. The van der Waals surface area contributed by atoms with Crippen LogP contribution in [0.25, 0.3) is 0 Å². The first-order valence-corrected chi connectivity index (χ1v) is 6.36. The lowest BCUT2D eigenvalue weighted by Gasteiger charge is -2.03. The van der Waals surface area contributed by atoms with Crippen molar-refractivity contribution >= 4 is 10.1 Å². The van der Waals surface area contributed by atoms with Gasteiger partial charge in [-0.2, -0.15) is 8.42 Å². The van der Waals surface area contributed by atoms with Crippen LogP contribution in [-0.4, -0.2) is 41.2 Å². The summed E-state index contributed by atoms with van der Waals surface area (Å²) in [5, 5.41) is 0. The van der Waals surface area contributed by atoms with E-state index in [9.17, 15) is 12.8 Å². The van der Waals surface area contributed by atoms with Crippen LogP contribution in [-0.2, 0) is 19.0 Å². The Morgan fingerprint density at radius 1 is 1.07 bits per heavy atom. The molecule has 0 saturated carbocycles. The molecule has 4 nitrogen and oxygen atoms in total. The minimum atomic E-state index is -3.36. The number of alkyl halides is 1. The third-order valence-electron chi connectivity index (χ3n) is 1.45. The Balaban J connectivity index is 3.07. The summed E-state index contributed by atoms with van der Waals surface area (Å²) in [4.78, 5) is 0. The second-order valence-electron chi connectivity index (χ2n) is 2.89. The average Bonchev–Trinajstić information content (AvgIpc) is 2.08. The summed E-state index contributed by atoms with van der Waals surface area (Å²) < 4.78 is 42.1. The maximum absolute atomic E-state index is 11.6. The molecule has 0 bridgehead atoms. The van der Waals surface area contributed by atoms with Gasteiger partial charge in [-0.3, -0.25) is 8.57 Å². The van der Waals surface area contributed by atoms with E-state index in [0.29, 0.717) is 13.0 Å². The highest BCUT2D eigenvalue weighted by molar-refractivity contribution is 7.85. The van der Waals surface area contributed by atoms with Crippen molar-refractivity contribution in [3.63, 3.8) is 0 Å². The summed E-state index contributed by atoms with van der Waals surface area (Å²) in [6.07, 6.45) is 3.14. The number of halogens is 1. The molecule has 0 aromatic carbocycles. The summed E-state index contributed by atoms with van der Waals surface area (Å²) in [5.41, 5.74) is 0. The van der Waals surface area contributed by atoms with Crippen molar-refractivity contribution in [2.75, 3.05) is 32.8 Å². The van der Waals surface area contributed by atoms with Gasteiger partial charge in [0.25, 0.3) is 10.1 Å². The fourth-order valence-electron chi connectivity index (χ4n) is 0.822. The van der Waals surface area contributed by atoms with E-state index in [-0.39, 0.29) is 19.9 Å². The Morgan fingerprint density at radius 2 is 1.79 bits per heavy atom. The summed E-state index contributed by atoms with van der Waals surface area (Å²) in [6.45, 7) is 0.523. The molecule has 0 N–H and O–H groups in total. The monoisotopic (exact) mass is 228 g/mol. The van der Waals surface area contributed by atoms with Crippen LogP contribution in [0.4, 0.5) is 4.39 Å². The molecule has 14 heavy (non-hydrogen) atoms. The van der Waals surface area contributed by atoms with Gasteiger partial charge in [-0.25, -0.2) is 0 Å². The molecule has 86 valence electrons. The molecule has 0 aliphatic rings. The molecule has 0 amide bonds. The molecule has 0 rings (SSSR count). The smallest absolute Gasteiger partial charge is 0.264 e.